The summed E-state index contributed by atoms with van der Waals surface area (Å²) in [5.41, 5.74) is 4.23. The lowest BCUT2D eigenvalue weighted by atomic mass is 10.2. The summed E-state index contributed by atoms with van der Waals surface area (Å²) in [6.07, 6.45) is 1.41. The van der Waals surface area contributed by atoms with Gasteiger partial charge < -0.3 is 10.1 Å². The second-order valence-corrected chi connectivity index (χ2v) is 6.00. The van der Waals surface area contributed by atoms with Crippen molar-refractivity contribution in [2.45, 2.75) is 6.61 Å². The van der Waals surface area contributed by atoms with Gasteiger partial charge in [0.2, 0.25) is 0 Å². The number of hydrogen-bond acceptors (Lipinski definition) is 4. The van der Waals surface area contributed by atoms with E-state index in [2.05, 4.69) is 15.8 Å². The molecule has 6 nitrogen and oxygen atoms in total. The molecule has 0 heterocycles. The van der Waals surface area contributed by atoms with Crippen molar-refractivity contribution in [3.8, 4) is 5.75 Å². The van der Waals surface area contributed by atoms with Crippen molar-refractivity contribution in [3.05, 3.63) is 95.8 Å². The highest BCUT2D eigenvalue weighted by molar-refractivity contribution is 6.39. The molecule has 146 valence electrons. The van der Waals surface area contributed by atoms with Crippen molar-refractivity contribution in [2.24, 2.45) is 5.10 Å². The number of rotatable bonds is 6. The average Bonchev–Trinajstić information content (AvgIpc) is 2.75. The molecule has 0 unspecified atom stereocenters. The topological polar surface area (TPSA) is 79.8 Å². The molecule has 0 radical (unpaired) electrons. The van der Waals surface area contributed by atoms with Crippen molar-refractivity contribution in [2.75, 3.05) is 5.32 Å². The molecular weight excluding hydrogens is 373 g/mol. The Morgan fingerprint density at radius 2 is 1.59 bits per heavy atom. The molecule has 0 saturated carbocycles. The lowest BCUT2D eigenvalue weighted by molar-refractivity contribution is -0.136. The van der Waals surface area contributed by atoms with Crippen LogP contribution < -0.4 is 15.5 Å². The van der Waals surface area contributed by atoms with Crippen LogP contribution >= 0.6 is 0 Å². The summed E-state index contributed by atoms with van der Waals surface area (Å²) in [6.45, 7) is 0.466. The zero-order chi connectivity index (χ0) is 20.5. The van der Waals surface area contributed by atoms with Crippen molar-refractivity contribution in [1.82, 2.24) is 5.43 Å². The van der Waals surface area contributed by atoms with Gasteiger partial charge in [0.25, 0.3) is 0 Å². The molecule has 0 bridgehead atoms. The molecule has 3 aromatic carbocycles. The number of anilines is 1. The minimum atomic E-state index is -0.937. The van der Waals surface area contributed by atoms with Gasteiger partial charge in [0.15, 0.2) is 0 Å². The normalized spacial score (nSPS) is 10.5. The maximum atomic E-state index is 12.8. The van der Waals surface area contributed by atoms with Gasteiger partial charge in [-0.05, 0) is 59.7 Å². The van der Waals surface area contributed by atoms with Gasteiger partial charge in [0.1, 0.15) is 18.2 Å². The van der Waals surface area contributed by atoms with Gasteiger partial charge in [-0.15, -0.1) is 0 Å². The molecule has 0 spiro atoms. The third-order valence-corrected chi connectivity index (χ3v) is 3.82. The number of nitrogens with zero attached hydrogens (tertiary/aromatic N) is 1. The number of halogens is 1. The van der Waals surface area contributed by atoms with Crippen LogP contribution in [-0.4, -0.2) is 18.0 Å². The lowest BCUT2D eigenvalue weighted by Gasteiger charge is -2.06. The Balaban J connectivity index is 1.46. The predicted molar refractivity (Wildman–Crippen MR) is 108 cm³/mol. The largest absolute Gasteiger partial charge is 0.489 e. The van der Waals surface area contributed by atoms with Crippen LogP contribution in [0.1, 0.15) is 11.1 Å². The summed E-state index contributed by atoms with van der Waals surface area (Å²) in [5.74, 6) is -1.57. The predicted octanol–water partition coefficient (Wildman–Crippen LogP) is 3.49. The first kappa shape index (κ1) is 19.8. The summed E-state index contributed by atoms with van der Waals surface area (Å²) >= 11 is 0. The van der Waals surface area contributed by atoms with Crippen LogP contribution in [0.25, 0.3) is 0 Å². The van der Waals surface area contributed by atoms with E-state index in [4.69, 9.17) is 4.74 Å². The Morgan fingerprint density at radius 3 is 2.28 bits per heavy atom. The Kier molecular flexibility index (Phi) is 6.67. The van der Waals surface area contributed by atoms with Crippen LogP contribution in [0.4, 0.5) is 10.1 Å². The minimum Gasteiger partial charge on any atom is -0.489 e. The maximum absolute atomic E-state index is 12.8. The van der Waals surface area contributed by atoms with Crippen molar-refractivity contribution in [1.29, 1.82) is 0 Å². The molecule has 7 heteroatoms. The number of nitrogens with one attached hydrogen (secondary N) is 2. The van der Waals surface area contributed by atoms with E-state index in [-0.39, 0.29) is 0 Å². The van der Waals surface area contributed by atoms with E-state index in [9.17, 15) is 14.0 Å². The Labute approximate surface area is 167 Å². The summed E-state index contributed by atoms with van der Waals surface area (Å²) in [6, 6.07) is 22.0. The molecular formula is C22H18FN3O3. The number of benzene rings is 3. The molecule has 0 atom stereocenters. The lowest BCUT2D eigenvalue weighted by Crippen LogP contribution is -2.32. The molecule has 0 aliphatic carbocycles. The molecule has 2 amide bonds. The second-order valence-electron chi connectivity index (χ2n) is 6.00. The van der Waals surface area contributed by atoms with E-state index in [1.165, 1.54) is 30.5 Å². The third kappa shape index (κ3) is 6.28. The van der Waals surface area contributed by atoms with Crippen molar-refractivity contribution < 1.29 is 18.7 Å². The van der Waals surface area contributed by atoms with E-state index in [0.717, 1.165) is 11.1 Å². The standard InChI is InChI=1S/C22H18FN3O3/c23-18-8-10-19(11-9-18)25-21(27)22(28)26-24-14-16-6-12-20(13-7-16)29-15-17-4-2-1-3-5-17/h1-14H,15H2,(H,25,27)(H,26,28)/b24-14+. The SMILES string of the molecule is O=C(N/N=C/c1ccc(OCc2ccccc2)cc1)C(=O)Nc1ccc(F)cc1. The molecule has 0 saturated heterocycles. The highest BCUT2D eigenvalue weighted by atomic mass is 19.1. The summed E-state index contributed by atoms with van der Waals surface area (Å²) < 4.78 is 18.5. The first-order chi connectivity index (χ1) is 14.1. The number of hydrogen-bond donors (Lipinski definition) is 2. The Bertz CT molecular complexity index is 988. The van der Waals surface area contributed by atoms with Crippen LogP contribution in [0.15, 0.2) is 84.0 Å². The van der Waals surface area contributed by atoms with Crippen LogP contribution in [0.2, 0.25) is 0 Å². The zero-order valence-corrected chi connectivity index (χ0v) is 15.3. The summed E-state index contributed by atoms with van der Waals surface area (Å²) in [4.78, 5) is 23.5. The van der Waals surface area contributed by atoms with Crippen LogP contribution in [0.5, 0.6) is 5.75 Å². The van der Waals surface area contributed by atoms with Crippen molar-refractivity contribution in [3.63, 3.8) is 0 Å². The molecule has 3 aromatic rings. The van der Waals surface area contributed by atoms with E-state index in [1.807, 2.05) is 30.3 Å². The molecule has 29 heavy (non-hydrogen) atoms. The van der Waals surface area contributed by atoms with Gasteiger partial charge in [-0.2, -0.15) is 5.10 Å². The van der Waals surface area contributed by atoms with E-state index in [1.54, 1.807) is 24.3 Å². The fourth-order valence-electron chi connectivity index (χ4n) is 2.33. The molecule has 0 fully saturated rings. The highest BCUT2D eigenvalue weighted by Gasteiger charge is 2.12. The Hall–Kier alpha value is -4.00. The van der Waals surface area contributed by atoms with Gasteiger partial charge in [-0.3, -0.25) is 9.59 Å². The van der Waals surface area contributed by atoms with E-state index >= 15 is 0 Å². The number of carbonyl (C=O) groups excluding carboxylic acids is 2. The quantitative estimate of drug-likeness (QED) is 0.383. The fourth-order valence-corrected chi connectivity index (χ4v) is 2.33. The summed E-state index contributed by atoms with van der Waals surface area (Å²) in [7, 11) is 0. The van der Waals surface area contributed by atoms with Crippen LogP contribution in [-0.2, 0) is 16.2 Å². The van der Waals surface area contributed by atoms with Gasteiger partial charge in [-0.25, -0.2) is 9.82 Å². The smallest absolute Gasteiger partial charge is 0.329 e. The van der Waals surface area contributed by atoms with Gasteiger partial charge in [0, 0.05) is 5.69 Å². The van der Waals surface area contributed by atoms with Gasteiger partial charge in [0.05, 0.1) is 6.21 Å². The zero-order valence-electron chi connectivity index (χ0n) is 15.3. The van der Waals surface area contributed by atoms with E-state index < -0.39 is 17.6 Å². The van der Waals surface area contributed by atoms with E-state index in [0.29, 0.717) is 18.0 Å². The fraction of sp³-hybridized carbons (Fsp3) is 0.0455. The summed E-state index contributed by atoms with van der Waals surface area (Å²) in [5, 5.41) is 6.10. The molecule has 3 rings (SSSR count). The van der Waals surface area contributed by atoms with Crippen LogP contribution in [0, 0.1) is 5.82 Å². The maximum Gasteiger partial charge on any atom is 0.329 e. The monoisotopic (exact) mass is 391 g/mol. The highest BCUT2D eigenvalue weighted by Crippen LogP contribution is 2.13. The number of ether oxygens (including phenoxy) is 1. The second kappa shape index (κ2) is 9.80. The van der Waals surface area contributed by atoms with Crippen LogP contribution in [0.3, 0.4) is 0 Å². The Morgan fingerprint density at radius 1 is 0.897 bits per heavy atom. The number of amides is 2. The third-order valence-electron chi connectivity index (χ3n) is 3.82. The number of carbonyl (C=O) groups is 2. The molecule has 0 aliphatic rings. The first-order valence-corrected chi connectivity index (χ1v) is 8.77. The molecule has 2 N–H and O–H groups in total. The first-order valence-electron chi connectivity index (χ1n) is 8.77. The van der Waals surface area contributed by atoms with Gasteiger partial charge in [-0.1, -0.05) is 30.3 Å². The number of hydrazone groups is 1. The van der Waals surface area contributed by atoms with Crippen molar-refractivity contribution >= 4 is 23.7 Å². The molecule has 0 aliphatic heterocycles. The minimum absolute atomic E-state index is 0.307. The molecule has 0 aromatic heterocycles. The van der Waals surface area contributed by atoms with Gasteiger partial charge >= 0.3 is 11.8 Å². The average molecular weight is 391 g/mol.